The van der Waals surface area contributed by atoms with Crippen molar-refractivity contribution in [2.75, 3.05) is 45.8 Å². The van der Waals surface area contributed by atoms with Crippen LogP contribution in [0.4, 0.5) is 10.1 Å². The summed E-state index contributed by atoms with van der Waals surface area (Å²) in [6.45, 7) is 2.47. The van der Waals surface area contributed by atoms with Crippen LogP contribution < -0.4 is 10.1 Å². The molecule has 0 atom stereocenters. The Morgan fingerprint density at radius 1 is 1.14 bits per heavy atom. The van der Waals surface area contributed by atoms with E-state index in [2.05, 4.69) is 10.2 Å². The molecule has 1 amide bonds. The molecule has 1 aliphatic rings. The second kappa shape index (κ2) is 9.85. The van der Waals surface area contributed by atoms with Crippen LogP contribution in [0.2, 0.25) is 0 Å². The van der Waals surface area contributed by atoms with Crippen LogP contribution in [0, 0.1) is 5.82 Å². The summed E-state index contributed by atoms with van der Waals surface area (Å²) in [5.41, 5.74) is 0.171. The molecule has 1 fully saturated rings. The van der Waals surface area contributed by atoms with Gasteiger partial charge in [-0.25, -0.2) is 4.39 Å². The van der Waals surface area contributed by atoms with Crippen LogP contribution in [0.3, 0.4) is 0 Å². The maximum atomic E-state index is 14.5. The minimum Gasteiger partial charge on any atom is -0.494 e. The number of amides is 1. The van der Waals surface area contributed by atoms with E-state index in [1.54, 1.807) is 18.2 Å². The van der Waals surface area contributed by atoms with Gasteiger partial charge >= 0.3 is 0 Å². The molecule has 0 spiro atoms. The Morgan fingerprint density at radius 2 is 1.83 bits per heavy atom. The second-order valence-corrected chi connectivity index (χ2v) is 7.66. The number of nitrogens with one attached hydrogen (secondary N) is 1. The predicted octanol–water partition coefficient (Wildman–Crippen LogP) is 3.84. The molecule has 0 saturated carbocycles. The molecule has 1 aliphatic heterocycles. The van der Waals surface area contributed by atoms with Crippen molar-refractivity contribution >= 4 is 11.6 Å². The Kier molecular flexibility index (Phi) is 7.23. The molecule has 1 saturated heterocycles. The lowest BCUT2D eigenvalue weighted by Gasteiger charge is -2.36. The van der Waals surface area contributed by atoms with Crippen molar-refractivity contribution in [2.24, 2.45) is 0 Å². The van der Waals surface area contributed by atoms with Crippen LogP contribution in [0.1, 0.15) is 24.8 Å². The van der Waals surface area contributed by atoms with Gasteiger partial charge in [-0.3, -0.25) is 4.79 Å². The summed E-state index contributed by atoms with van der Waals surface area (Å²) in [5, 5.41) is 2.96. The molecule has 2 aromatic rings. The monoisotopic (exact) mass is 400 g/mol. The molecule has 29 heavy (non-hydrogen) atoms. The third-order valence-electron chi connectivity index (χ3n) is 5.30. The summed E-state index contributed by atoms with van der Waals surface area (Å²) in [6.07, 6.45) is 1.85. The van der Waals surface area contributed by atoms with E-state index in [0.717, 1.165) is 18.7 Å². The number of hydrogen-bond acceptors (Lipinski definition) is 4. The van der Waals surface area contributed by atoms with Crippen LogP contribution in [0.15, 0.2) is 48.5 Å². The van der Waals surface area contributed by atoms with Crippen molar-refractivity contribution in [1.82, 2.24) is 4.90 Å². The Morgan fingerprint density at radius 3 is 2.48 bits per heavy atom. The second-order valence-electron chi connectivity index (χ2n) is 7.66. The lowest BCUT2D eigenvalue weighted by molar-refractivity contribution is -0.125. The van der Waals surface area contributed by atoms with Crippen LogP contribution in [-0.2, 0) is 14.9 Å². The zero-order valence-corrected chi connectivity index (χ0v) is 17.1. The first kappa shape index (κ1) is 21.3. The Bertz CT molecular complexity index is 802. The van der Waals surface area contributed by atoms with Gasteiger partial charge < -0.3 is 19.7 Å². The number of nitrogens with zero attached hydrogens (tertiary/aromatic N) is 1. The van der Waals surface area contributed by atoms with Gasteiger partial charge in [0.25, 0.3) is 0 Å². The van der Waals surface area contributed by atoms with Gasteiger partial charge in [-0.05, 0) is 63.7 Å². The van der Waals surface area contributed by atoms with E-state index >= 15 is 0 Å². The molecule has 3 rings (SSSR count). The van der Waals surface area contributed by atoms with Gasteiger partial charge in [-0.2, -0.15) is 0 Å². The summed E-state index contributed by atoms with van der Waals surface area (Å²) in [5.74, 6) is 0.202. The van der Waals surface area contributed by atoms with Gasteiger partial charge in [0.15, 0.2) is 0 Å². The number of rotatable bonds is 8. The number of hydrogen-bond donors (Lipinski definition) is 1. The molecule has 6 heteroatoms. The molecule has 156 valence electrons. The lowest BCUT2D eigenvalue weighted by Crippen LogP contribution is -2.45. The van der Waals surface area contributed by atoms with Crippen molar-refractivity contribution in [3.63, 3.8) is 0 Å². The molecule has 0 bridgehead atoms. The number of halogens is 1. The number of carbonyl (C=O) groups excluding carboxylic acids is 1. The van der Waals surface area contributed by atoms with E-state index in [4.69, 9.17) is 9.47 Å². The SMILES string of the molecule is CN(C)CCCOc1ccc(NC(=O)C2(c3ccccc3F)CCOCC2)cc1. The average molecular weight is 400 g/mol. The smallest absolute Gasteiger partial charge is 0.235 e. The van der Waals surface area contributed by atoms with Crippen molar-refractivity contribution < 1.29 is 18.7 Å². The summed E-state index contributed by atoms with van der Waals surface area (Å²) in [6, 6.07) is 13.8. The molecular formula is C23H29FN2O3. The summed E-state index contributed by atoms with van der Waals surface area (Å²) >= 11 is 0. The first-order valence-electron chi connectivity index (χ1n) is 10.0. The third kappa shape index (κ3) is 5.34. The maximum absolute atomic E-state index is 14.5. The molecule has 0 aliphatic carbocycles. The first-order chi connectivity index (χ1) is 14.0. The Hall–Kier alpha value is -2.44. The minimum absolute atomic E-state index is 0.203. The van der Waals surface area contributed by atoms with E-state index in [9.17, 15) is 9.18 Å². The molecule has 1 N–H and O–H groups in total. The molecular weight excluding hydrogens is 371 g/mol. The van der Waals surface area contributed by atoms with Crippen LogP contribution in [0.25, 0.3) is 0 Å². The van der Waals surface area contributed by atoms with Gasteiger partial charge in [-0.15, -0.1) is 0 Å². The minimum atomic E-state index is -0.926. The molecule has 5 nitrogen and oxygen atoms in total. The van der Waals surface area contributed by atoms with E-state index in [1.807, 2.05) is 38.4 Å². The van der Waals surface area contributed by atoms with E-state index < -0.39 is 5.41 Å². The number of carbonyl (C=O) groups is 1. The van der Waals surface area contributed by atoms with Crippen molar-refractivity contribution in [3.8, 4) is 5.75 Å². The average Bonchev–Trinajstić information content (AvgIpc) is 2.73. The standard InChI is InChI=1S/C23H29FN2O3/c1-26(2)14-5-15-29-19-10-8-18(9-11-19)25-22(27)23(12-16-28-17-13-23)20-6-3-4-7-21(20)24/h3-4,6-11H,5,12-17H2,1-2H3,(H,25,27). The highest BCUT2D eigenvalue weighted by molar-refractivity contribution is 5.99. The van der Waals surface area contributed by atoms with Crippen molar-refractivity contribution in [2.45, 2.75) is 24.7 Å². The Balaban J connectivity index is 1.68. The van der Waals surface area contributed by atoms with Gasteiger partial charge in [-0.1, -0.05) is 18.2 Å². The highest BCUT2D eigenvalue weighted by atomic mass is 19.1. The van der Waals surface area contributed by atoms with E-state index in [0.29, 0.717) is 43.9 Å². The number of ether oxygens (including phenoxy) is 2. The molecule has 0 radical (unpaired) electrons. The largest absolute Gasteiger partial charge is 0.494 e. The van der Waals surface area contributed by atoms with Gasteiger partial charge in [0, 0.05) is 31.0 Å². The number of anilines is 1. The van der Waals surface area contributed by atoms with Gasteiger partial charge in [0.1, 0.15) is 11.6 Å². The lowest BCUT2D eigenvalue weighted by atomic mass is 9.73. The van der Waals surface area contributed by atoms with E-state index in [-0.39, 0.29) is 11.7 Å². The maximum Gasteiger partial charge on any atom is 0.235 e. The summed E-state index contributed by atoms with van der Waals surface area (Å²) < 4.78 is 25.7. The third-order valence-corrected chi connectivity index (χ3v) is 5.30. The molecule has 2 aromatic carbocycles. The zero-order valence-electron chi connectivity index (χ0n) is 17.1. The van der Waals surface area contributed by atoms with Gasteiger partial charge in [0.05, 0.1) is 12.0 Å². The highest BCUT2D eigenvalue weighted by Crippen LogP contribution is 2.37. The van der Waals surface area contributed by atoms with Gasteiger partial charge in [0.2, 0.25) is 5.91 Å². The number of benzene rings is 2. The quantitative estimate of drug-likeness (QED) is 0.684. The Labute approximate surface area is 171 Å². The zero-order chi connectivity index (χ0) is 20.7. The van der Waals surface area contributed by atoms with Crippen molar-refractivity contribution in [3.05, 3.63) is 59.9 Å². The normalized spacial score (nSPS) is 15.9. The van der Waals surface area contributed by atoms with Crippen LogP contribution >= 0.6 is 0 Å². The molecule has 0 unspecified atom stereocenters. The summed E-state index contributed by atoms with van der Waals surface area (Å²) in [4.78, 5) is 15.3. The van der Waals surface area contributed by atoms with E-state index in [1.165, 1.54) is 6.07 Å². The molecule has 0 aromatic heterocycles. The highest BCUT2D eigenvalue weighted by Gasteiger charge is 2.43. The topological polar surface area (TPSA) is 50.8 Å². The van der Waals surface area contributed by atoms with Crippen molar-refractivity contribution in [1.29, 1.82) is 0 Å². The fourth-order valence-electron chi connectivity index (χ4n) is 3.64. The first-order valence-corrected chi connectivity index (χ1v) is 10.0. The van der Waals surface area contributed by atoms with Crippen LogP contribution in [-0.4, -0.2) is 51.3 Å². The van der Waals surface area contributed by atoms with Crippen LogP contribution in [0.5, 0.6) is 5.75 Å². The fraction of sp³-hybridized carbons (Fsp3) is 0.435. The fourth-order valence-corrected chi connectivity index (χ4v) is 3.64. The molecule has 1 heterocycles. The predicted molar refractivity (Wildman–Crippen MR) is 112 cm³/mol. The summed E-state index contributed by atoms with van der Waals surface area (Å²) in [7, 11) is 4.06.